The molecule has 0 fully saturated rings. The lowest BCUT2D eigenvalue weighted by atomic mass is 9.74. The Hall–Kier alpha value is -4.70. The maximum atomic E-state index is 5.83. The van der Waals surface area contributed by atoms with Crippen LogP contribution in [0.3, 0.4) is 0 Å². The second-order valence-electron chi connectivity index (χ2n) is 10.9. The van der Waals surface area contributed by atoms with Crippen molar-refractivity contribution in [1.29, 1.82) is 0 Å². The molecule has 0 atom stereocenters. The largest absolute Gasteiger partial charge is 0.399 e. The second-order valence-corrected chi connectivity index (χ2v) is 10.9. The predicted molar refractivity (Wildman–Crippen MR) is 174 cm³/mol. The topological polar surface area (TPSA) is 104 Å². The number of hydrogen-bond acceptors (Lipinski definition) is 4. The normalized spacial score (nSPS) is 10.9. The minimum Gasteiger partial charge on any atom is -0.399 e. The van der Waals surface area contributed by atoms with Gasteiger partial charge in [-0.15, -0.1) is 0 Å². The molecule has 8 N–H and O–H groups in total. The van der Waals surface area contributed by atoms with Crippen molar-refractivity contribution in [1.82, 2.24) is 0 Å². The number of hydrogen-bond donors (Lipinski definition) is 4. The Balaban J connectivity index is 0.000000255. The van der Waals surface area contributed by atoms with E-state index in [-0.39, 0.29) is 10.8 Å². The molecule has 5 aromatic carbocycles. The van der Waals surface area contributed by atoms with Gasteiger partial charge in [0.25, 0.3) is 0 Å². The highest BCUT2D eigenvalue weighted by Gasteiger charge is 2.26. The highest BCUT2D eigenvalue weighted by molar-refractivity contribution is 5.48. The first-order valence-electron chi connectivity index (χ1n) is 13.4. The molecule has 206 valence electrons. The zero-order valence-corrected chi connectivity index (χ0v) is 24.0. The first-order valence-corrected chi connectivity index (χ1v) is 13.4. The SMILES string of the molecule is CC(C)(c1ccc(N)cc1)c1ccc(C(C)(C)c2ccc(N)cc2)cc1.Nc1ccccc1.Nc1ccccc1. The second kappa shape index (κ2) is 13.4. The third-order valence-electron chi connectivity index (χ3n) is 7.19. The summed E-state index contributed by atoms with van der Waals surface area (Å²) >= 11 is 0. The fraction of sp³-hybridized carbons (Fsp3) is 0.167. The third kappa shape index (κ3) is 8.15. The summed E-state index contributed by atoms with van der Waals surface area (Å²) in [6.07, 6.45) is 0. The summed E-state index contributed by atoms with van der Waals surface area (Å²) in [6.45, 7) is 8.99. The third-order valence-corrected chi connectivity index (χ3v) is 7.19. The van der Waals surface area contributed by atoms with Crippen molar-refractivity contribution < 1.29 is 0 Å². The summed E-state index contributed by atoms with van der Waals surface area (Å²) in [6, 6.07) is 44.3. The smallest absolute Gasteiger partial charge is 0.0314 e. The van der Waals surface area contributed by atoms with Crippen LogP contribution in [0.1, 0.15) is 49.9 Å². The molecule has 0 heterocycles. The van der Waals surface area contributed by atoms with Gasteiger partial charge < -0.3 is 22.9 Å². The molecule has 0 radical (unpaired) electrons. The van der Waals surface area contributed by atoms with Crippen molar-refractivity contribution in [2.24, 2.45) is 0 Å². The molecule has 4 nitrogen and oxygen atoms in total. The van der Waals surface area contributed by atoms with Crippen LogP contribution < -0.4 is 22.9 Å². The summed E-state index contributed by atoms with van der Waals surface area (Å²) in [4.78, 5) is 0. The van der Waals surface area contributed by atoms with Gasteiger partial charge in [0.15, 0.2) is 0 Å². The molecule has 0 aliphatic heterocycles. The number of anilines is 4. The van der Waals surface area contributed by atoms with Crippen LogP contribution in [0, 0.1) is 0 Å². The van der Waals surface area contributed by atoms with E-state index in [9.17, 15) is 0 Å². The number of para-hydroxylation sites is 2. The molecule has 0 saturated carbocycles. The molecule has 5 aromatic rings. The quantitative estimate of drug-likeness (QED) is 0.176. The molecule has 0 unspecified atom stereocenters. The zero-order chi connectivity index (χ0) is 29.2. The summed E-state index contributed by atoms with van der Waals surface area (Å²) in [7, 11) is 0. The Morgan fingerprint density at radius 2 is 0.500 bits per heavy atom. The number of benzene rings is 5. The maximum absolute atomic E-state index is 5.83. The lowest BCUT2D eigenvalue weighted by Gasteiger charge is -2.29. The zero-order valence-electron chi connectivity index (χ0n) is 24.0. The monoisotopic (exact) mass is 530 g/mol. The van der Waals surface area contributed by atoms with E-state index in [1.807, 2.05) is 84.9 Å². The maximum Gasteiger partial charge on any atom is 0.0314 e. The van der Waals surface area contributed by atoms with E-state index in [2.05, 4.69) is 76.2 Å². The van der Waals surface area contributed by atoms with Gasteiger partial charge in [-0.05, 0) is 70.8 Å². The summed E-state index contributed by atoms with van der Waals surface area (Å²) in [5.74, 6) is 0. The van der Waals surface area contributed by atoms with Gasteiger partial charge >= 0.3 is 0 Å². The Labute approximate surface area is 239 Å². The van der Waals surface area contributed by atoms with Crippen LogP contribution in [0.2, 0.25) is 0 Å². The molecule has 0 amide bonds. The van der Waals surface area contributed by atoms with E-state index in [4.69, 9.17) is 22.9 Å². The fourth-order valence-electron chi connectivity index (χ4n) is 4.34. The predicted octanol–water partition coefficient (Wildman–Crippen LogP) is 8.04. The molecule has 0 aliphatic carbocycles. The van der Waals surface area contributed by atoms with Crippen molar-refractivity contribution in [3.8, 4) is 0 Å². The molecule has 4 heteroatoms. The van der Waals surface area contributed by atoms with Gasteiger partial charge in [-0.1, -0.05) is 113 Å². The van der Waals surface area contributed by atoms with E-state index in [1.165, 1.54) is 22.3 Å². The van der Waals surface area contributed by atoms with Crippen LogP contribution >= 0.6 is 0 Å². The molecule has 40 heavy (non-hydrogen) atoms. The fourth-order valence-corrected chi connectivity index (χ4v) is 4.34. The highest BCUT2D eigenvalue weighted by atomic mass is 14.5. The molecule has 0 aromatic heterocycles. The van der Waals surface area contributed by atoms with Gasteiger partial charge in [0.05, 0.1) is 0 Å². The molecular formula is C36H42N4. The van der Waals surface area contributed by atoms with Crippen molar-refractivity contribution in [3.05, 3.63) is 156 Å². The molecule has 0 spiro atoms. The Kier molecular flexibility index (Phi) is 9.99. The molecule has 5 rings (SSSR count). The van der Waals surface area contributed by atoms with Crippen molar-refractivity contribution >= 4 is 22.7 Å². The van der Waals surface area contributed by atoms with Gasteiger partial charge in [0, 0.05) is 33.6 Å². The van der Waals surface area contributed by atoms with Gasteiger partial charge in [-0.3, -0.25) is 0 Å². The molecule has 0 saturated heterocycles. The van der Waals surface area contributed by atoms with E-state index in [0.29, 0.717) is 0 Å². The summed E-state index contributed by atoms with van der Waals surface area (Å²) < 4.78 is 0. The highest BCUT2D eigenvalue weighted by Crippen LogP contribution is 2.36. The first kappa shape index (κ1) is 29.9. The minimum absolute atomic E-state index is 0.0719. The number of rotatable bonds is 4. The Morgan fingerprint density at radius 1 is 0.300 bits per heavy atom. The lowest BCUT2D eigenvalue weighted by Crippen LogP contribution is -2.21. The van der Waals surface area contributed by atoms with E-state index in [0.717, 1.165) is 22.7 Å². The average molecular weight is 531 g/mol. The minimum atomic E-state index is -0.0719. The van der Waals surface area contributed by atoms with Crippen LogP contribution in [-0.4, -0.2) is 0 Å². The van der Waals surface area contributed by atoms with Gasteiger partial charge in [-0.25, -0.2) is 0 Å². The number of nitrogen functional groups attached to an aromatic ring is 4. The van der Waals surface area contributed by atoms with E-state index in [1.54, 1.807) is 0 Å². The molecule has 0 aliphatic rings. The Bertz CT molecular complexity index is 1310. The standard InChI is InChI=1S/C24H28N2.2C6H7N/c1-23(2,19-9-13-21(25)14-10-19)17-5-7-18(8-6-17)24(3,4)20-11-15-22(26)16-12-20;2*7-6-4-2-1-3-5-6/h5-16H,25-26H2,1-4H3;2*1-5H,7H2. The summed E-state index contributed by atoms with van der Waals surface area (Å²) in [5.41, 5.74) is 30.6. The van der Waals surface area contributed by atoms with Crippen LogP contribution in [0.5, 0.6) is 0 Å². The van der Waals surface area contributed by atoms with Crippen molar-refractivity contribution in [2.75, 3.05) is 22.9 Å². The summed E-state index contributed by atoms with van der Waals surface area (Å²) in [5, 5.41) is 0. The Morgan fingerprint density at radius 3 is 0.700 bits per heavy atom. The van der Waals surface area contributed by atoms with Gasteiger partial charge in [0.2, 0.25) is 0 Å². The van der Waals surface area contributed by atoms with Gasteiger partial charge in [-0.2, -0.15) is 0 Å². The first-order chi connectivity index (χ1) is 19.0. The van der Waals surface area contributed by atoms with Crippen LogP contribution in [-0.2, 0) is 10.8 Å². The number of nitrogens with two attached hydrogens (primary N) is 4. The van der Waals surface area contributed by atoms with Crippen LogP contribution in [0.15, 0.2) is 133 Å². The van der Waals surface area contributed by atoms with Crippen LogP contribution in [0.25, 0.3) is 0 Å². The molecule has 0 bridgehead atoms. The van der Waals surface area contributed by atoms with E-state index >= 15 is 0 Å². The molecular weight excluding hydrogens is 488 g/mol. The van der Waals surface area contributed by atoms with Crippen LogP contribution in [0.4, 0.5) is 22.7 Å². The average Bonchev–Trinajstić information content (AvgIpc) is 2.95. The van der Waals surface area contributed by atoms with E-state index < -0.39 is 0 Å². The van der Waals surface area contributed by atoms with Crippen molar-refractivity contribution in [3.63, 3.8) is 0 Å². The van der Waals surface area contributed by atoms with Crippen molar-refractivity contribution in [2.45, 2.75) is 38.5 Å². The lowest BCUT2D eigenvalue weighted by molar-refractivity contribution is 0.626. The van der Waals surface area contributed by atoms with Gasteiger partial charge in [0.1, 0.15) is 0 Å².